The average Bonchev–Trinajstić information content (AvgIpc) is 2.67. The minimum Gasteiger partial charge on any atom is -0.454 e. The third-order valence-electron chi connectivity index (χ3n) is 4.13. The van der Waals surface area contributed by atoms with Gasteiger partial charge in [-0.15, -0.1) is 0 Å². The van der Waals surface area contributed by atoms with Gasteiger partial charge < -0.3 is 15.4 Å². The molecule has 154 valence electrons. The first-order valence-corrected chi connectivity index (χ1v) is 9.35. The lowest BCUT2D eigenvalue weighted by Gasteiger charge is -2.21. The summed E-state index contributed by atoms with van der Waals surface area (Å²) in [5, 5.41) is 5.52. The fourth-order valence-electron chi connectivity index (χ4n) is 2.46. The van der Waals surface area contributed by atoms with Crippen LogP contribution in [0.1, 0.15) is 29.8 Å². The zero-order chi connectivity index (χ0) is 21.6. The van der Waals surface area contributed by atoms with Crippen LogP contribution in [-0.2, 0) is 14.3 Å². The van der Waals surface area contributed by atoms with Crippen LogP contribution in [0.15, 0.2) is 42.5 Å². The molecule has 0 aliphatic rings. The highest BCUT2D eigenvalue weighted by Gasteiger charge is 2.27. The number of carbonyl (C=O) groups excluding carboxylic acids is 3. The van der Waals surface area contributed by atoms with E-state index in [2.05, 4.69) is 10.6 Å². The molecular weight excluding hydrogens is 399 g/mol. The van der Waals surface area contributed by atoms with Crippen molar-refractivity contribution in [3.63, 3.8) is 0 Å². The van der Waals surface area contributed by atoms with Gasteiger partial charge in [0.25, 0.3) is 11.8 Å². The van der Waals surface area contributed by atoms with E-state index >= 15 is 0 Å². The molecule has 2 rings (SSSR count). The quantitative estimate of drug-likeness (QED) is 0.668. The molecule has 0 bridgehead atoms. The third-order valence-corrected chi connectivity index (χ3v) is 4.53. The molecule has 2 aromatic rings. The number of carbonyl (C=O) groups is 3. The van der Waals surface area contributed by atoms with Crippen molar-refractivity contribution in [3.05, 3.63) is 64.4 Å². The third kappa shape index (κ3) is 6.29. The van der Waals surface area contributed by atoms with Crippen LogP contribution in [0, 0.1) is 18.7 Å². The molecule has 29 heavy (non-hydrogen) atoms. The molecule has 0 aliphatic heterocycles. The molecule has 0 aromatic heterocycles. The number of rotatable bonds is 7. The Morgan fingerprint density at radius 3 is 2.45 bits per heavy atom. The van der Waals surface area contributed by atoms with E-state index in [0.29, 0.717) is 10.7 Å². The number of amides is 2. The lowest BCUT2D eigenvalue weighted by molar-refractivity contribution is -0.150. The predicted molar refractivity (Wildman–Crippen MR) is 108 cm³/mol. The predicted octanol–water partition coefficient (Wildman–Crippen LogP) is 3.72. The zero-order valence-corrected chi connectivity index (χ0v) is 17.0. The van der Waals surface area contributed by atoms with Crippen molar-refractivity contribution in [1.82, 2.24) is 5.32 Å². The van der Waals surface area contributed by atoms with Crippen molar-refractivity contribution in [2.24, 2.45) is 5.92 Å². The van der Waals surface area contributed by atoms with Gasteiger partial charge in [0.15, 0.2) is 6.61 Å². The molecule has 1 atom stereocenters. The van der Waals surface area contributed by atoms with E-state index in [0.717, 1.165) is 11.6 Å². The molecular formula is C21H22ClFN2O4. The van der Waals surface area contributed by atoms with Gasteiger partial charge in [-0.05, 0) is 42.7 Å². The molecule has 0 saturated heterocycles. The Hall–Kier alpha value is -2.93. The van der Waals surface area contributed by atoms with Crippen molar-refractivity contribution < 1.29 is 23.5 Å². The first-order valence-electron chi connectivity index (χ1n) is 8.97. The number of ether oxygens (including phenoxy) is 1. The summed E-state index contributed by atoms with van der Waals surface area (Å²) in [4.78, 5) is 36.7. The Morgan fingerprint density at radius 1 is 1.14 bits per heavy atom. The van der Waals surface area contributed by atoms with Crippen molar-refractivity contribution in [3.8, 4) is 0 Å². The molecule has 8 heteroatoms. The topological polar surface area (TPSA) is 84.5 Å². The number of nitrogens with one attached hydrogen (secondary N) is 2. The first-order chi connectivity index (χ1) is 13.7. The lowest BCUT2D eigenvalue weighted by Crippen LogP contribution is -2.46. The fraction of sp³-hybridized carbons (Fsp3) is 0.286. The molecule has 6 nitrogen and oxygen atoms in total. The highest BCUT2D eigenvalue weighted by molar-refractivity contribution is 6.31. The smallest absolute Gasteiger partial charge is 0.329 e. The van der Waals surface area contributed by atoms with Gasteiger partial charge in [-0.2, -0.15) is 0 Å². The Bertz CT molecular complexity index is 917. The largest absolute Gasteiger partial charge is 0.454 e. The minimum absolute atomic E-state index is 0.181. The summed E-state index contributed by atoms with van der Waals surface area (Å²) in [5.41, 5.74) is 1.15. The number of halogens is 2. The van der Waals surface area contributed by atoms with Crippen molar-refractivity contribution >= 4 is 35.1 Å². The maximum Gasteiger partial charge on any atom is 0.329 e. The van der Waals surface area contributed by atoms with Gasteiger partial charge in [0.2, 0.25) is 0 Å². The Morgan fingerprint density at radius 2 is 1.83 bits per heavy atom. The van der Waals surface area contributed by atoms with Crippen LogP contribution in [0.2, 0.25) is 5.02 Å². The van der Waals surface area contributed by atoms with Gasteiger partial charge >= 0.3 is 5.97 Å². The maximum atomic E-state index is 13.8. The molecule has 0 saturated carbocycles. The van der Waals surface area contributed by atoms with Crippen molar-refractivity contribution in [2.45, 2.75) is 26.8 Å². The summed E-state index contributed by atoms with van der Waals surface area (Å²) in [6, 6.07) is 9.41. The van der Waals surface area contributed by atoms with Crippen LogP contribution < -0.4 is 10.6 Å². The summed E-state index contributed by atoms with van der Waals surface area (Å²) < 4.78 is 18.8. The molecule has 0 aliphatic carbocycles. The van der Waals surface area contributed by atoms with Crippen LogP contribution >= 0.6 is 11.6 Å². The number of anilines is 1. The molecule has 2 N–H and O–H groups in total. The normalized spacial score (nSPS) is 11.7. The standard InChI is InChI=1S/C21H22ClFN2O4/c1-12(2)19(25-20(27)15-6-4-5-7-17(15)23)21(28)29-11-18(26)24-14-9-8-13(3)16(22)10-14/h4-10,12,19H,11H2,1-3H3,(H,24,26)(H,25,27)/t19-/m0/s1. The van der Waals surface area contributed by atoms with E-state index in [-0.39, 0.29) is 11.5 Å². The summed E-state index contributed by atoms with van der Waals surface area (Å²) >= 11 is 6.01. The summed E-state index contributed by atoms with van der Waals surface area (Å²) in [5.74, 6) is -3.12. The molecule has 0 spiro atoms. The molecule has 0 unspecified atom stereocenters. The minimum atomic E-state index is -1.04. The molecule has 0 heterocycles. The van der Waals surface area contributed by atoms with Crippen LogP contribution in [0.4, 0.5) is 10.1 Å². The number of esters is 1. The van der Waals surface area contributed by atoms with Crippen LogP contribution in [0.3, 0.4) is 0 Å². The van der Waals surface area contributed by atoms with Crippen LogP contribution in [-0.4, -0.2) is 30.4 Å². The highest BCUT2D eigenvalue weighted by Crippen LogP contribution is 2.19. The fourth-order valence-corrected chi connectivity index (χ4v) is 2.64. The second-order valence-electron chi connectivity index (χ2n) is 6.79. The SMILES string of the molecule is Cc1ccc(NC(=O)COC(=O)[C@@H](NC(=O)c2ccccc2F)C(C)C)cc1Cl. The van der Waals surface area contributed by atoms with Gasteiger partial charge in [-0.3, -0.25) is 9.59 Å². The van der Waals surface area contributed by atoms with E-state index in [1.54, 1.807) is 32.0 Å². The van der Waals surface area contributed by atoms with Gasteiger partial charge in [-0.25, -0.2) is 9.18 Å². The monoisotopic (exact) mass is 420 g/mol. The molecule has 0 radical (unpaired) electrons. The van der Waals surface area contributed by atoms with Gasteiger partial charge in [0.05, 0.1) is 5.56 Å². The van der Waals surface area contributed by atoms with E-state index in [4.69, 9.17) is 16.3 Å². The first kappa shape index (κ1) is 22.4. The number of benzene rings is 2. The Labute approximate surface area is 173 Å². The molecule has 2 amide bonds. The summed E-state index contributed by atoms with van der Waals surface area (Å²) in [7, 11) is 0. The van der Waals surface area contributed by atoms with E-state index in [1.807, 2.05) is 6.92 Å². The highest BCUT2D eigenvalue weighted by atomic mass is 35.5. The average molecular weight is 421 g/mol. The molecule has 2 aromatic carbocycles. The van der Waals surface area contributed by atoms with Gasteiger partial charge in [0.1, 0.15) is 11.9 Å². The van der Waals surface area contributed by atoms with Crippen LogP contribution in [0.25, 0.3) is 0 Å². The number of aryl methyl sites for hydroxylation is 1. The second-order valence-corrected chi connectivity index (χ2v) is 7.20. The van der Waals surface area contributed by atoms with E-state index in [9.17, 15) is 18.8 Å². The van der Waals surface area contributed by atoms with Gasteiger partial charge in [0, 0.05) is 10.7 Å². The van der Waals surface area contributed by atoms with Crippen molar-refractivity contribution in [2.75, 3.05) is 11.9 Å². The van der Waals surface area contributed by atoms with E-state index in [1.165, 1.54) is 18.2 Å². The zero-order valence-electron chi connectivity index (χ0n) is 16.3. The molecule has 0 fully saturated rings. The van der Waals surface area contributed by atoms with Crippen molar-refractivity contribution in [1.29, 1.82) is 0 Å². The van der Waals surface area contributed by atoms with Gasteiger partial charge in [-0.1, -0.05) is 43.6 Å². The summed E-state index contributed by atoms with van der Waals surface area (Å²) in [6.45, 7) is 4.68. The van der Waals surface area contributed by atoms with Crippen LogP contribution in [0.5, 0.6) is 0 Å². The Balaban J connectivity index is 1.95. The Kier molecular flexibility index (Phi) is 7.73. The number of hydrogen-bond donors (Lipinski definition) is 2. The second kappa shape index (κ2) is 10.0. The lowest BCUT2D eigenvalue weighted by atomic mass is 10.0. The summed E-state index contributed by atoms with van der Waals surface area (Å²) in [6.07, 6.45) is 0. The maximum absolute atomic E-state index is 13.8. The number of hydrogen-bond acceptors (Lipinski definition) is 4. The van der Waals surface area contributed by atoms with E-state index < -0.39 is 36.2 Å².